The van der Waals surface area contributed by atoms with Gasteiger partial charge in [-0.15, -0.1) is 0 Å². The first-order chi connectivity index (χ1) is 7.36. The van der Waals surface area contributed by atoms with E-state index in [-0.39, 0.29) is 6.61 Å². The third-order valence-electron chi connectivity index (χ3n) is 3.09. The zero-order valence-electron chi connectivity index (χ0n) is 9.95. The van der Waals surface area contributed by atoms with Crippen molar-refractivity contribution in [3.8, 4) is 0 Å². The van der Waals surface area contributed by atoms with Crippen molar-refractivity contribution in [2.45, 2.75) is 32.6 Å². The van der Waals surface area contributed by atoms with Gasteiger partial charge in [-0.05, 0) is 31.7 Å². The van der Waals surface area contributed by atoms with E-state index in [0.717, 1.165) is 19.1 Å². The minimum atomic E-state index is 0.137. The average molecular weight is 215 g/mol. The van der Waals surface area contributed by atoms with Gasteiger partial charge in [0.2, 0.25) is 0 Å². The smallest absolute Gasteiger partial charge is 0.0698 e. The average Bonchev–Trinajstić information content (AvgIpc) is 2.26. The fraction of sp³-hybridized carbons (Fsp3) is 1.00. The molecule has 3 nitrogen and oxygen atoms in total. The molecule has 1 aliphatic rings. The lowest BCUT2D eigenvalue weighted by Gasteiger charge is -2.32. The number of rotatable bonds is 7. The van der Waals surface area contributed by atoms with Crippen LogP contribution in [0.1, 0.15) is 32.6 Å². The first kappa shape index (κ1) is 12.9. The first-order valence-corrected chi connectivity index (χ1v) is 6.27. The summed E-state index contributed by atoms with van der Waals surface area (Å²) >= 11 is 0. The van der Waals surface area contributed by atoms with E-state index < -0.39 is 0 Å². The Kier molecular flexibility index (Phi) is 6.98. The SMILES string of the molecule is CCCC1CCCN(CCOCCO)C1. The Morgan fingerprint density at radius 3 is 3.00 bits per heavy atom. The molecule has 0 saturated carbocycles. The van der Waals surface area contributed by atoms with Gasteiger partial charge in [0.25, 0.3) is 0 Å². The molecule has 0 amide bonds. The van der Waals surface area contributed by atoms with Crippen molar-refractivity contribution in [2.75, 3.05) is 39.5 Å². The third kappa shape index (κ3) is 5.50. The summed E-state index contributed by atoms with van der Waals surface area (Å²) in [5.41, 5.74) is 0. The summed E-state index contributed by atoms with van der Waals surface area (Å²) in [4.78, 5) is 2.50. The van der Waals surface area contributed by atoms with Crippen LogP contribution in [-0.2, 0) is 4.74 Å². The van der Waals surface area contributed by atoms with E-state index in [4.69, 9.17) is 9.84 Å². The van der Waals surface area contributed by atoms with Crippen LogP contribution in [0.15, 0.2) is 0 Å². The van der Waals surface area contributed by atoms with Gasteiger partial charge in [0, 0.05) is 13.1 Å². The van der Waals surface area contributed by atoms with E-state index >= 15 is 0 Å². The Balaban J connectivity index is 2.07. The minimum Gasteiger partial charge on any atom is -0.394 e. The molecule has 0 aromatic rings. The molecule has 1 aliphatic heterocycles. The summed E-state index contributed by atoms with van der Waals surface area (Å²) in [5.74, 6) is 0.904. The first-order valence-electron chi connectivity index (χ1n) is 6.27. The molecule has 0 aromatic carbocycles. The molecular formula is C12H25NO2. The second kappa shape index (κ2) is 8.08. The van der Waals surface area contributed by atoms with Gasteiger partial charge < -0.3 is 14.7 Å². The molecule has 1 unspecified atom stereocenters. The lowest BCUT2D eigenvalue weighted by molar-refractivity contribution is 0.0618. The van der Waals surface area contributed by atoms with E-state index in [9.17, 15) is 0 Å². The predicted molar refractivity (Wildman–Crippen MR) is 62.0 cm³/mol. The zero-order chi connectivity index (χ0) is 10.9. The van der Waals surface area contributed by atoms with Crippen molar-refractivity contribution in [2.24, 2.45) is 5.92 Å². The Hall–Kier alpha value is -0.120. The number of nitrogens with zero attached hydrogens (tertiary/aromatic N) is 1. The van der Waals surface area contributed by atoms with Crippen molar-refractivity contribution in [3.63, 3.8) is 0 Å². The van der Waals surface area contributed by atoms with Crippen LogP contribution in [0, 0.1) is 5.92 Å². The molecule has 1 fully saturated rings. The molecule has 15 heavy (non-hydrogen) atoms. The van der Waals surface area contributed by atoms with Crippen LogP contribution in [-0.4, -0.2) is 49.5 Å². The second-order valence-electron chi connectivity index (χ2n) is 4.43. The van der Waals surface area contributed by atoms with E-state index in [1.165, 1.54) is 38.8 Å². The molecule has 0 radical (unpaired) electrons. The van der Waals surface area contributed by atoms with Gasteiger partial charge in [-0.2, -0.15) is 0 Å². The Bertz CT molecular complexity index is 151. The third-order valence-corrected chi connectivity index (χ3v) is 3.09. The molecule has 0 spiro atoms. The lowest BCUT2D eigenvalue weighted by atomic mass is 9.94. The van der Waals surface area contributed by atoms with Crippen LogP contribution in [0.3, 0.4) is 0 Å². The van der Waals surface area contributed by atoms with Gasteiger partial charge in [0.1, 0.15) is 0 Å². The quantitative estimate of drug-likeness (QED) is 0.653. The number of ether oxygens (including phenoxy) is 1. The normalized spacial score (nSPS) is 23.2. The summed E-state index contributed by atoms with van der Waals surface area (Å²) in [6.07, 6.45) is 5.42. The molecule has 1 heterocycles. The molecule has 0 bridgehead atoms. The number of hydrogen-bond acceptors (Lipinski definition) is 3. The maximum atomic E-state index is 8.58. The predicted octanol–water partition coefficient (Wildman–Crippen LogP) is 1.51. The van der Waals surface area contributed by atoms with Crippen LogP contribution in [0.25, 0.3) is 0 Å². The van der Waals surface area contributed by atoms with Crippen LogP contribution in [0.4, 0.5) is 0 Å². The molecule has 0 aromatic heterocycles. The van der Waals surface area contributed by atoms with Gasteiger partial charge in [0.15, 0.2) is 0 Å². The van der Waals surface area contributed by atoms with Crippen molar-refractivity contribution in [3.05, 3.63) is 0 Å². The molecule has 1 N–H and O–H groups in total. The number of aliphatic hydroxyl groups excluding tert-OH is 1. The van der Waals surface area contributed by atoms with Gasteiger partial charge in [0.05, 0.1) is 19.8 Å². The highest BCUT2D eigenvalue weighted by molar-refractivity contribution is 4.72. The number of piperidine rings is 1. The molecule has 90 valence electrons. The summed E-state index contributed by atoms with van der Waals surface area (Å²) in [7, 11) is 0. The summed E-state index contributed by atoms with van der Waals surface area (Å²) < 4.78 is 5.29. The van der Waals surface area contributed by atoms with E-state index in [0.29, 0.717) is 6.61 Å². The highest BCUT2D eigenvalue weighted by Crippen LogP contribution is 2.20. The number of likely N-dealkylation sites (tertiary alicyclic amines) is 1. The fourth-order valence-corrected chi connectivity index (χ4v) is 2.36. The molecule has 1 rings (SSSR count). The van der Waals surface area contributed by atoms with Gasteiger partial charge in [-0.3, -0.25) is 0 Å². The van der Waals surface area contributed by atoms with E-state index in [1.54, 1.807) is 0 Å². The molecular weight excluding hydrogens is 190 g/mol. The molecule has 0 aliphatic carbocycles. The standard InChI is InChI=1S/C12H25NO2/c1-2-4-12-5-3-6-13(11-12)7-9-15-10-8-14/h12,14H,2-11H2,1H3. The fourth-order valence-electron chi connectivity index (χ4n) is 2.36. The topological polar surface area (TPSA) is 32.7 Å². The van der Waals surface area contributed by atoms with Crippen LogP contribution in [0.2, 0.25) is 0 Å². The molecule has 1 atom stereocenters. The van der Waals surface area contributed by atoms with Crippen molar-refractivity contribution in [1.82, 2.24) is 4.90 Å². The number of hydrogen-bond donors (Lipinski definition) is 1. The van der Waals surface area contributed by atoms with Gasteiger partial charge in [-0.1, -0.05) is 13.3 Å². The van der Waals surface area contributed by atoms with Crippen molar-refractivity contribution in [1.29, 1.82) is 0 Å². The monoisotopic (exact) mass is 215 g/mol. The summed E-state index contributed by atoms with van der Waals surface area (Å²) in [6, 6.07) is 0. The minimum absolute atomic E-state index is 0.137. The Labute approximate surface area is 93.4 Å². The van der Waals surface area contributed by atoms with Crippen LogP contribution < -0.4 is 0 Å². The van der Waals surface area contributed by atoms with Gasteiger partial charge >= 0.3 is 0 Å². The van der Waals surface area contributed by atoms with Crippen molar-refractivity contribution >= 4 is 0 Å². The van der Waals surface area contributed by atoms with Crippen molar-refractivity contribution < 1.29 is 9.84 Å². The Morgan fingerprint density at radius 1 is 1.40 bits per heavy atom. The van der Waals surface area contributed by atoms with Gasteiger partial charge in [-0.25, -0.2) is 0 Å². The maximum absolute atomic E-state index is 8.58. The highest BCUT2D eigenvalue weighted by Gasteiger charge is 2.18. The van der Waals surface area contributed by atoms with E-state index in [2.05, 4.69) is 11.8 Å². The largest absolute Gasteiger partial charge is 0.394 e. The lowest BCUT2D eigenvalue weighted by Crippen LogP contribution is -2.37. The van der Waals surface area contributed by atoms with Crippen LogP contribution in [0.5, 0.6) is 0 Å². The molecule has 3 heteroatoms. The molecule has 1 saturated heterocycles. The Morgan fingerprint density at radius 2 is 2.27 bits per heavy atom. The zero-order valence-corrected chi connectivity index (χ0v) is 9.95. The number of aliphatic hydroxyl groups is 1. The van der Waals surface area contributed by atoms with E-state index in [1.807, 2.05) is 0 Å². The maximum Gasteiger partial charge on any atom is 0.0698 e. The van der Waals surface area contributed by atoms with Crippen LogP contribution >= 0.6 is 0 Å². The highest BCUT2D eigenvalue weighted by atomic mass is 16.5. The summed E-state index contributed by atoms with van der Waals surface area (Å²) in [6.45, 7) is 7.15. The summed E-state index contributed by atoms with van der Waals surface area (Å²) in [5, 5.41) is 8.58. The second-order valence-corrected chi connectivity index (χ2v) is 4.43.